The molecule has 0 atom stereocenters. The molecule has 2 nitrogen and oxygen atoms in total. The second-order valence-corrected chi connectivity index (χ2v) is 5.60. The van der Waals surface area contributed by atoms with E-state index in [-0.39, 0.29) is 9.79 Å². The van der Waals surface area contributed by atoms with Crippen LogP contribution in [0, 0.1) is 0 Å². The second kappa shape index (κ2) is 5.88. The zero-order chi connectivity index (χ0) is 17.4. The summed E-state index contributed by atoms with van der Waals surface area (Å²) in [6.45, 7) is 0. The normalized spacial score (nSPS) is 12.4. The van der Waals surface area contributed by atoms with Gasteiger partial charge in [0, 0.05) is 9.79 Å². The van der Waals surface area contributed by atoms with Gasteiger partial charge in [0.15, 0.2) is 0 Å². The Morgan fingerprint density at radius 1 is 0.652 bits per heavy atom. The average Bonchev–Trinajstić information content (AvgIpc) is 2.40. The van der Waals surface area contributed by atoms with Crippen LogP contribution in [-0.2, 0) is 12.4 Å². The van der Waals surface area contributed by atoms with Gasteiger partial charge in [-0.05, 0) is 36.4 Å². The minimum absolute atomic E-state index is 0.00561. The van der Waals surface area contributed by atoms with Crippen molar-refractivity contribution in [1.29, 1.82) is 0 Å². The van der Waals surface area contributed by atoms with Crippen molar-refractivity contribution in [3.63, 3.8) is 0 Å². The molecule has 0 unspecified atom stereocenters. The Morgan fingerprint density at radius 3 is 1.30 bits per heavy atom. The van der Waals surface area contributed by atoms with Gasteiger partial charge in [0.05, 0.1) is 11.1 Å². The molecular weight excluding hydrogens is 346 g/mol. The zero-order valence-corrected chi connectivity index (χ0v) is 11.9. The summed E-state index contributed by atoms with van der Waals surface area (Å²) in [5, 5.41) is 18.4. The van der Waals surface area contributed by atoms with Gasteiger partial charge >= 0.3 is 12.4 Å². The molecule has 0 aliphatic heterocycles. The Morgan fingerprint density at radius 2 is 1.00 bits per heavy atom. The van der Waals surface area contributed by atoms with Crippen molar-refractivity contribution in [1.82, 2.24) is 0 Å². The molecule has 124 valence electrons. The van der Waals surface area contributed by atoms with Crippen LogP contribution in [-0.4, -0.2) is 10.2 Å². The Labute approximate surface area is 130 Å². The molecule has 2 rings (SSSR count). The van der Waals surface area contributed by atoms with Gasteiger partial charge < -0.3 is 10.2 Å². The fourth-order valence-corrected chi connectivity index (χ4v) is 2.65. The molecule has 0 aromatic heterocycles. The molecule has 0 saturated carbocycles. The molecule has 2 aromatic carbocycles. The molecule has 0 amide bonds. The first-order chi connectivity index (χ1) is 10.5. The molecule has 0 aliphatic carbocycles. The Bertz CT molecular complexity index is 663. The van der Waals surface area contributed by atoms with E-state index in [1.807, 2.05) is 0 Å². The van der Waals surface area contributed by atoms with E-state index in [0.29, 0.717) is 23.9 Å². The number of phenolic OH excluding ortho intramolecular Hbond substituents is 2. The van der Waals surface area contributed by atoms with E-state index in [0.717, 1.165) is 24.3 Å². The number of alkyl halides is 6. The van der Waals surface area contributed by atoms with Gasteiger partial charge in [-0.2, -0.15) is 26.3 Å². The number of phenols is 2. The first-order valence-electron chi connectivity index (χ1n) is 5.97. The molecule has 0 spiro atoms. The molecule has 2 N–H and O–H groups in total. The van der Waals surface area contributed by atoms with Crippen molar-refractivity contribution in [2.24, 2.45) is 0 Å². The van der Waals surface area contributed by atoms with Crippen LogP contribution in [0.4, 0.5) is 26.3 Å². The Kier molecular flexibility index (Phi) is 4.43. The number of benzene rings is 2. The topological polar surface area (TPSA) is 40.5 Å². The summed E-state index contributed by atoms with van der Waals surface area (Å²) >= 11 is 0.643. The molecule has 9 heteroatoms. The van der Waals surface area contributed by atoms with Crippen LogP contribution in [0.25, 0.3) is 0 Å². The molecule has 2 aromatic rings. The van der Waals surface area contributed by atoms with Gasteiger partial charge in [0.1, 0.15) is 11.5 Å². The third kappa shape index (κ3) is 4.04. The molecule has 0 bridgehead atoms. The summed E-state index contributed by atoms with van der Waals surface area (Å²) in [6.07, 6.45) is -9.57. The molecule has 23 heavy (non-hydrogen) atoms. The molecule has 0 radical (unpaired) electrons. The van der Waals surface area contributed by atoms with Crippen molar-refractivity contribution in [3.8, 4) is 11.5 Å². The predicted octanol–water partition coefficient (Wildman–Crippen LogP) is 5.29. The lowest BCUT2D eigenvalue weighted by atomic mass is 10.2. The third-order valence-electron chi connectivity index (χ3n) is 2.78. The van der Waals surface area contributed by atoms with Gasteiger partial charge in [-0.15, -0.1) is 0 Å². The van der Waals surface area contributed by atoms with Crippen LogP contribution >= 0.6 is 11.8 Å². The minimum Gasteiger partial charge on any atom is -0.507 e. The van der Waals surface area contributed by atoms with Crippen molar-refractivity contribution in [3.05, 3.63) is 47.5 Å². The average molecular weight is 354 g/mol. The fraction of sp³-hybridized carbons (Fsp3) is 0.143. The monoisotopic (exact) mass is 354 g/mol. The van der Waals surface area contributed by atoms with Crippen LogP contribution in [0.3, 0.4) is 0 Å². The minimum atomic E-state index is -4.78. The van der Waals surface area contributed by atoms with Crippen LogP contribution in [0.2, 0.25) is 0 Å². The SMILES string of the molecule is Oc1ccc(Sc2ccc(O)c(C(F)(F)F)c2)cc1C(F)(F)F. The van der Waals surface area contributed by atoms with E-state index in [2.05, 4.69) is 0 Å². The van der Waals surface area contributed by atoms with E-state index < -0.39 is 35.0 Å². The van der Waals surface area contributed by atoms with Gasteiger partial charge in [-0.25, -0.2) is 0 Å². The molecule has 0 heterocycles. The molecule has 0 aliphatic rings. The summed E-state index contributed by atoms with van der Waals surface area (Å²) in [7, 11) is 0. The Hall–Kier alpha value is -2.03. The van der Waals surface area contributed by atoms with Crippen LogP contribution in [0.1, 0.15) is 11.1 Å². The first-order valence-corrected chi connectivity index (χ1v) is 6.78. The molecule has 0 saturated heterocycles. The Balaban J connectivity index is 2.37. The van der Waals surface area contributed by atoms with Gasteiger partial charge in [-0.1, -0.05) is 11.8 Å². The fourth-order valence-electron chi connectivity index (χ4n) is 1.75. The number of hydrogen-bond acceptors (Lipinski definition) is 3. The highest BCUT2D eigenvalue weighted by Gasteiger charge is 2.35. The quantitative estimate of drug-likeness (QED) is 0.720. The second-order valence-electron chi connectivity index (χ2n) is 4.46. The number of rotatable bonds is 2. The van der Waals surface area contributed by atoms with E-state index in [9.17, 15) is 36.6 Å². The van der Waals surface area contributed by atoms with Crippen molar-refractivity contribution in [2.75, 3.05) is 0 Å². The molecule has 0 fully saturated rings. The van der Waals surface area contributed by atoms with Crippen molar-refractivity contribution >= 4 is 11.8 Å². The van der Waals surface area contributed by atoms with Crippen molar-refractivity contribution < 1.29 is 36.6 Å². The lowest BCUT2D eigenvalue weighted by Gasteiger charge is -2.12. The predicted molar refractivity (Wildman–Crippen MR) is 70.3 cm³/mol. The standard InChI is InChI=1S/C14H8F6O2S/c15-13(16,17)9-5-7(1-3-11(9)21)23-8-2-4-12(22)10(6-8)14(18,19)20/h1-6,21-22H. The third-order valence-corrected chi connectivity index (χ3v) is 3.76. The first kappa shape index (κ1) is 17.3. The zero-order valence-electron chi connectivity index (χ0n) is 11.0. The summed E-state index contributed by atoms with van der Waals surface area (Å²) < 4.78 is 76.1. The maximum Gasteiger partial charge on any atom is 0.419 e. The maximum atomic E-state index is 12.7. The molecular formula is C14H8F6O2S. The van der Waals surface area contributed by atoms with Gasteiger partial charge in [-0.3, -0.25) is 0 Å². The van der Waals surface area contributed by atoms with E-state index >= 15 is 0 Å². The van der Waals surface area contributed by atoms with E-state index in [4.69, 9.17) is 0 Å². The summed E-state index contributed by atoms with van der Waals surface area (Å²) in [5.41, 5.74) is -2.56. The van der Waals surface area contributed by atoms with Crippen LogP contribution < -0.4 is 0 Å². The highest BCUT2D eigenvalue weighted by Crippen LogP contribution is 2.42. The highest BCUT2D eigenvalue weighted by atomic mass is 32.2. The smallest absolute Gasteiger partial charge is 0.419 e. The van der Waals surface area contributed by atoms with Gasteiger partial charge in [0.25, 0.3) is 0 Å². The highest BCUT2D eigenvalue weighted by molar-refractivity contribution is 7.99. The lowest BCUT2D eigenvalue weighted by molar-refractivity contribution is -0.139. The van der Waals surface area contributed by atoms with E-state index in [1.165, 1.54) is 0 Å². The lowest BCUT2D eigenvalue weighted by Crippen LogP contribution is -2.05. The van der Waals surface area contributed by atoms with Gasteiger partial charge in [0.2, 0.25) is 0 Å². The summed E-state index contributed by atoms with van der Waals surface area (Å²) in [6, 6.07) is 5.21. The maximum absolute atomic E-state index is 12.7. The number of halogens is 6. The summed E-state index contributed by atoms with van der Waals surface area (Å²) in [4.78, 5) is -0.0112. The largest absolute Gasteiger partial charge is 0.507 e. The number of aromatic hydroxyl groups is 2. The van der Waals surface area contributed by atoms with Crippen LogP contribution in [0.15, 0.2) is 46.2 Å². The summed E-state index contributed by atoms with van der Waals surface area (Å²) in [5.74, 6) is -1.94. The van der Waals surface area contributed by atoms with Crippen LogP contribution in [0.5, 0.6) is 11.5 Å². The van der Waals surface area contributed by atoms with Crippen molar-refractivity contribution in [2.45, 2.75) is 22.1 Å². The number of hydrogen-bond donors (Lipinski definition) is 2. The van der Waals surface area contributed by atoms with E-state index in [1.54, 1.807) is 0 Å².